The van der Waals surface area contributed by atoms with E-state index in [1.165, 1.54) is 0 Å². The van der Waals surface area contributed by atoms with Crippen LogP contribution in [0, 0.1) is 12.3 Å². The van der Waals surface area contributed by atoms with E-state index in [9.17, 15) is 4.79 Å². The SMILES string of the molecule is Cc1ccc(Cc2cc(C(=O)NC3CC4(COC4)C3)nc3ccsc23)cn1. The van der Waals surface area contributed by atoms with Crippen LogP contribution in [-0.4, -0.2) is 35.1 Å². The molecule has 1 aliphatic heterocycles. The summed E-state index contributed by atoms with van der Waals surface area (Å²) >= 11 is 1.67. The van der Waals surface area contributed by atoms with Crippen molar-refractivity contribution in [2.75, 3.05) is 13.2 Å². The summed E-state index contributed by atoms with van der Waals surface area (Å²) in [6.45, 7) is 3.66. The Morgan fingerprint density at radius 1 is 1.33 bits per heavy atom. The molecule has 3 aromatic heterocycles. The van der Waals surface area contributed by atoms with E-state index in [4.69, 9.17) is 4.74 Å². The van der Waals surface area contributed by atoms with Gasteiger partial charge in [-0.25, -0.2) is 4.98 Å². The summed E-state index contributed by atoms with van der Waals surface area (Å²) in [5.41, 5.74) is 5.00. The Morgan fingerprint density at radius 2 is 2.19 bits per heavy atom. The van der Waals surface area contributed by atoms with Crippen LogP contribution in [0.3, 0.4) is 0 Å². The minimum absolute atomic E-state index is 0.0773. The number of carbonyl (C=O) groups excluding carboxylic acids is 1. The minimum Gasteiger partial charge on any atom is -0.380 e. The van der Waals surface area contributed by atoms with Crippen molar-refractivity contribution in [1.29, 1.82) is 0 Å². The predicted molar refractivity (Wildman–Crippen MR) is 105 cm³/mol. The van der Waals surface area contributed by atoms with Crippen LogP contribution in [0.15, 0.2) is 35.8 Å². The number of thiophene rings is 1. The second-order valence-electron chi connectivity index (χ2n) is 7.86. The van der Waals surface area contributed by atoms with E-state index in [2.05, 4.69) is 21.4 Å². The number of ether oxygens (including phenoxy) is 1. The van der Waals surface area contributed by atoms with Crippen LogP contribution in [0.4, 0.5) is 0 Å². The van der Waals surface area contributed by atoms with Gasteiger partial charge < -0.3 is 10.1 Å². The smallest absolute Gasteiger partial charge is 0.270 e. The first-order chi connectivity index (χ1) is 13.1. The van der Waals surface area contributed by atoms with Crippen LogP contribution < -0.4 is 5.32 Å². The lowest BCUT2D eigenvalue weighted by atomic mass is 9.64. The number of amides is 1. The molecule has 1 saturated carbocycles. The highest BCUT2D eigenvalue weighted by Crippen LogP contribution is 2.46. The number of fused-ring (bicyclic) bond motifs is 1. The van der Waals surface area contributed by atoms with Crippen LogP contribution in [0.5, 0.6) is 0 Å². The molecule has 1 N–H and O–H groups in total. The molecule has 1 spiro atoms. The van der Waals surface area contributed by atoms with Crippen molar-refractivity contribution in [2.24, 2.45) is 5.41 Å². The Hall–Kier alpha value is -2.31. The molecule has 0 aromatic carbocycles. The van der Waals surface area contributed by atoms with Crippen molar-refractivity contribution in [3.63, 3.8) is 0 Å². The van der Waals surface area contributed by atoms with Crippen molar-refractivity contribution >= 4 is 27.5 Å². The zero-order chi connectivity index (χ0) is 18.4. The molecule has 0 radical (unpaired) electrons. The van der Waals surface area contributed by atoms with Crippen LogP contribution in [0.25, 0.3) is 10.2 Å². The van der Waals surface area contributed by atoms with Gasteiger partial charge in [-0.3, -0.25) is 9.78 Å². The van der Waals surface area contributed by atoms with Gasteiger partial charge in [-0.15, -0.1) is 11.3 Å². The van der Waals surface area contributed by atoms with Gasteiger partial charge in [0, 0.05) is 29.8 Å². The van der Waals surface area contributed by atoms with Gasteiger partial charge in [0.1, 0.15) is 5.69 Å². The van der Waals surface area contributed by atoms with Gasteiger partial charge in [0.05, 0.1) is 23.4 Å². The summed E-state index contributed by atoms with van der Waals surface area (Å²) in [4.78, 5) is 21.7. The minimum atomic E-state index is -0.0773. The van der Waals surface area contributed by atoms with Crippen molar-refractivity contribution < 1.29 is 9.53 Å². The number of hydrogen-bond acceptors (Lipinski definition) is 5. The number of nitrogens with one attached hydrogen (secondary N) is 1. The van der Waals surface area contributed by atoms with E-state index < -0.39 is 0 Å². The fraction of sp³-hybridized carbons (Fsp3) is 0.381. The maximum atomic E-state index is 12.8. The summed E-state index contributed by atoms with van der Waals surface area (Å²) in [6, 6.07) is 8.28. The first-order valence-corrected chi connectivity index (χ1v) is 10.2. The molecule has 0 unspecified atom stereocenters. The molecule has 5 rings (SSSR count). The molecule has 0 atom stereocenters. The fourth-order valence-electron chi connectivity index (χ4n) is 4.07. The second-order valence-corrected chi connectivity index (χ2v) is 8.77. The fourth-order valence-corrected chi connectivity index (χ4v) is 4.92. The third-order valence-electron chi connectivity index (χ3n) is 5.60. The van der Waals surface area contributed by atoms with Crippen LogP contribution in [-0.2, 0) is 11.2 Å². The highest BCUT2D eigenvalue weighted by Gasteiger charge is 2.50. The number of aromatic nitrogens is 2. The van der Waals surface area contributed by atoms with E-state index in [-0.39, 0.29) is 11.9 Å². The molecular weight excluding hydrogens is 358 g/mol. The Balaban J connectivity index is 1.38. The Bertz CT molecular complexity index is 1000. The van der Waals surface area contributed by atoms with E-state index in [0.717, 1.165) is 59.5 Å². The summed E-state index contributed by atoms with van der Waals surface area (Å²) in [7, 11) is 0. The molecule has 5 nitrogen and oxygen atoms in total. The highest BCUT2D eigenvalue weighted by molar-refractivity contribution is 7.17. The van der Waals surface area contributed by atoms with Gasteiger partial charge in [-0.2, -0.15) is 0 Å². The van der Waals surface area contributed by atoms with E-state index in [1.807, 2.05) is 36.7 Å². The monoisotopic (exact) mass is 379 g/mol. The van der Waals surface area contributed by atoms with Crippen molar-refractivity contribution in [3.8, 4) is 0 Å². The molecule has 4 heterocycles. The summed E-state index contributed by atoms with van der Waals surface area (Å²) < 4.78 is 6.45. The van der Waals surface area contributed by atoms with Gasteiger partial charge in [-0.1, -0.05) is 6.07 Å². The van der Waals surface area contributed by atoms with Crippen LogP contribution in [0.1, 0.15) is 40.2 Å². The Morgan fingerprint density at radius 3 is 2.89 bits per heavy atom. The first-order valence-electron chi connectivity index (χ1n) is 9.28. The average molecular weight is 379 g/mol. The van der Waals surface area contributed by atoms with Crippen LogP contribution >= 0.6 is 11.3 Å². The Labute approximate surface area is 161 Å². The van der Waals surface area contributed by atoms with Crippen LogP contribution in [0.2, 0.25) is 0 Å². The van der Waals surface area contributed by atoms with E-state index in [0.29, 0.717) is 11.1 Å². The first kappa shape index (κ1) is 16.8. The molecule has 6 heteroatoms. The molecule has 0 bridgehead atoms. The molecule has 3 aromatic rings. The van der Waals surface area contributed by atoms with Gasteiger partial charge in [0.2, 0.25) is 0 Å². The molecule has 2 fully saturated rings. The van der Waals surface area contributed by atoms with Crippen molar-refractivity contribution in [1.82, 2.24) is 15.3 Å². The Kier molecular flexibility index (Phi) is 3.98. The third-order valence-corrected chi connectivity index (χ3v) is 6.58. The summed E-state index contributed by atoms with van der Waals surface area (Å²) in [6.07, 6.45) is 4.68. The van der Waals surface area contributed by atoms with Gasteiger partial charge in [-0.05, 0) is 54.5 Å². The lowest BCUT2D eigenvalue weighted by Gasteiger charge is -2.53. The number of hydrogen-bond donors (Lipinski definition) is 1. The van der Waals surface area contributed by atoms with Gasteiger partial charge in [0.25, 0.3) is 5.91 Å². The van der Waals surface area contributed by atoms with E-state index >= 15 is 0 Å². The van der Waals surface area contributed by atoms with E-state index in [1.54, 1.807) is 11.3 Å². The molecule has 2 aliphatic rings. The molecule has 1 saturated heterocycles. The zero-order valence-corrected chi connectivity index (χ0v) is 16.0. The topological polar surface area (TPSA) is 64.1 Å². The molecule has 1 amide bonds. The lowest BCUT2D eigenvalue weighted by Crippen LogP contribution is -2.59. The molecule has 138 valence electrons. The summed E-state index contributed by atoms with van der Waals surface area (Å²) in [5.74, 6) is -0.0773. The standard InChI is InChI=1S/C21H21N3O2S/c1-13-2-3-14(10-22-13)6-15-7-18(24-17-4-5-27-19(15)17)20(25)23-16-8-21(9-16)11-26-12-21/h2-5,7,10,16H,6,8-9,11-12H2,1H3,(H,23,25). The number of carbonyl (C=O) groups is 1. The number of pyridine rings is 2. The number of aryl methyl sites for hydroxylation is 1. The summed E-state index contributed by atoms with van der Waals surface area (Å²) in [5, 5.41) is 5.18. The average Bonchev–Trinajstić information content (AvgIpc) is 3.06. The maximum Gasteiger partial charge on any atom is 0.270 e. The molecular formula is C21H21N3O2S. The zero-order valence-electron chi connectivity index (χ0n) is 15.2. The maximum absolute atomic E-state index is 12.8. The number of rotatable bonds is 4. The normalized spacial score (nSPS) is 18.3. The lowest BCUT2D eigenvalue weighted by molar-refractivity contribution is -0.165. The quantitative estimate of drug-likeness (QED) is 0.754. The molecule has 27 heavy (non-hydrogen) atoms. The highest BCUT2D eigenvalue weighted by atomic mass is 32.1. The second kappa shape index (κ2) is 6.39. The predicted octanol–water partition coefficient (Wildman–Crippen LogP) is 3.50. The van der Waals surface area contributed by atoms with Crippen molar-refractivity contribution in [3.05, 3.63) is 58.4 Å². The third kappa shape index (κ3) is 3.13. The number of nitrogens with zero attached hydrogens (tertiary/aromatic N) is 2. The largest absolute Gasteiger partial charge is 0.380 e. The van der Waals surface area contributed by atoms with Crippen molar-refractivity contribution in [2.45, 2.75) is 32.2 Å². The van der Waals surface area contributed by atoms with Gasteiger partial charge in [0.15, 0.2) is 0 Å². The van der Waals surface area contributed by atoms with Gasteiger partial charge >= 0.3 is 0 Å². The molecule has 1 aliphatic carbocycles.